The maximum atomic E-state index is 8.57. The van der Waals surface area contributed by atoms with Crippen molar-refractivity contribution in [3.05, 3.63) is 11.2 Å². The summed E-state index contributed by atoms with van der Waals surface area (Å²) in [7, 11) is 1.55. The van der Waals surface area contributed by atoms with Crippen LogP contribution in [0.2, 0.25) is 0 Å². The highest BCUT2D eigenvalue weighted by atomic mass is 32.1. The molecule has 0 bridgehead atoms. The number of rotatable bonds is 2. The third-order valence-corrected chi connectivity index (χ3v) is 2.98. The predicted octanol–water partition coefficient (Wildman–Crippen LogP) is 1.54. The lowest BCUT2D eigenvalue weighted by atomic mass is 10.5. The first-order valence-electron chi connectivity index (χ1n) is 3.57. The summed E-state index contributed by atoms with van der Waals surface area (Å²) in [6.45, 7) is 0. The summed E-state index contributed by atoms with van der Waals surface area (Å²) >= 11 is 2.43. The molecule has 0 aliphatic rings. The molecule has 2 aromatic rings. The number of aromatic nitrogens is 3. The maximum absolute atomic E-state index is 8.57. The summed E-state index contributed by atoms with van der Waals surface area (Å²) in [6.07, 6.45) is 1.63. The Labute approximate surface area is 87.8 Å². The first kappa shape index (κ1) is 9.05. The minimum Gasteiger partial charge on any atom is -0.473 e. The van der Waals surface area contributed by atoms with Crippen LogP contribution in [0.4, 0.5) is 0 Å². The number of thiazole rings is 1. The highest BCUT2D eigenvalue weighted by Crippen LogP contribution is 2.28. The zero-order chi connectivity index (χ0) is 9.97. The second kappa shape index (κ2) is 3.69. The molecule has 2 rings (SSSR count). The second-order valence-corrected chi connectivity index (χ2v) is 3.97. The maximum Gasteiger partial charge on any atom is 0.273 e. The van der Waals surface area contributed by atoms with Crippen LogP contribution < -0.4 is 4.74 Å². The highest BCUT2D eigenvalue weighted by molar-refractivity contribution is 7.17. The van der Waals surface area contributed by atoms with Gasteiger partial charge in [-0.2, -0.15) is 9.64 Å². The van der Waals surface area contributed by atoms with Crippen LogP contribution in [0.25, 0.3) is 10.7 Å². The van der Waals surface area contributed by atoms with Crippen molar-refractivity contribution in [3.63, 3.8) is 0 Å². The third kappa shape index (κ3) is 1.57. The van der Waals surface area contributed by atoms with E-state index in [1.807, 2.05) is 6.07 Å². The SMILES string of the molecule is COc1ncc(-c2nsc(C#N)n2)s1. The first-order chi connectivity index (χ1) is 6.83. The van der Waals surface area contributed by atoms with E-state index >= 15 is 0 Å². The van der Waals surface area contributed by atoms with Crippen LogP contribution in [-0.2, 0) is 0 Å². The first-order valence-corrected chi connectivity index (χ1v) is 5.16. The fourth-order valence-corrected chi connectivity index (χ4v) is 2.03. The summed E-state index contributed by atoms with van der Waals surface area (Å²) < 4.78 is 8.97. The molecule has 0 saturated heterocycles. The zero-order valence-electron chi connectivity index (χ0n) is 7.09. The van der Waals surface area contributed by atoms with Gasteiger partial charge in [-0.05, 0) is 11.5 Å². The molecule has 70 valence electrons. The molecule has 0 aromatic carbocycles. The minimum atomic E-state index is 0.354. The van der Waals surface area contributed by atoms with Crippen molar-refractivity contribution >= 4 is 22.9 Å². The van der Waals surface area contributed by atoms with Crippen molar-refractivity contribution in [2.24, 2.45) is 0 Å². The van der Waals surface area contributed by atoms with Crippen molar-refractivity contribution in [2.75, 3.05) is 7.11 Å². The Morgan fingerprint density at radius 1 is 1.57 bits per heavy atom. The lowest BCUT2D eigenvalue weighted by molar-refractivity contribution is 0.412. The van der Waals surface area contributed by atoms with Gasteiger partial charge in [0.15, 0.2) is 5.82 Å². The fourth-order valence-electron chi connectivity index (χ4n) is 0.825. The molecule has 0 amide bonds. The van der Waals surface area contributed by atoms with Gasteiger partial charge in [-0.1, -0.05) is 11.3 Å². The van der Waals surface area contributed by atoms with E-state index in [9.17, 15) is 0 Å². The highest BCUT2D eigenvalue weighted by Gasteiger charge is 2.09. The Hall–Kier alpha value is -1.52. The van der Waals surface area contributed by atoms with E-state index in [1.165, 1.54) is 11.3 Å². The van der Waals surface area contributed by atoms with Crippen molar-refractivity contribution in [3.8, 4) is 22.0 Å². The van der Waals surface area contributed by atoms with Crippen molar-refractivity contribution in [1.29, 1.82) is 5.26 Å². The van der Waals surface area contributed by atoms with Gasteiger partial charge < -0.3 is 4.74 Å². The molecule has 0 atom stereocenters. The molecule has 0 fully saturated rings. The third-order valence-electron chi connectivity index (χ3n) is 1.40. The molecule has 7 heteroatoms. The molecule has 2 aromatic heterocycles. The van der Waals surface area contributed by atoms with Crippen LogP contribution >= 0.6 is 22.9 Å². The summed E-state index contributed by atoms with van der Waals surface area (Å²) in [5, 5.41) is 9.49. The Morgan fingerprint density at radius 3 is 3.00 bits per heavy atom. The second-order valence-electron chi connectivity index (χ2n) is 2.23. The number of methoxy groups -OCH3 is 1. The topological polar surface area (TPSA) is 71.7 Å². The number of hydrogen-bond donors (Lipinski definition) is 0. The van der Waals surface area contributed by atoms with Gasteiger partial charge in [0.05, 0.1) is 18.2 Å². The number of ether oxygens (including phenoxy) is 1. The van der Waals surface area contributed by atoms with Crippen molar-refractivity contribution in [1.82, 2.24) is 14.3 Å². The van der Waals surface area contributed by atoms with Gasteiger partial charge in [0, 0.05) is 0 Å². The average Bonchev–Trinajstić information content (AvgIpc) is 2.86. The smallest absolute Gasteiger partial charge is 0.273 e. The molecule has 0 N–H and O–H groups in total. The molecular weight excluding hydrogens is 220 g/mol. The molecule has 0 spiro atoms. The standard InChI is InChI=1S/C7H4N4OS2/c1-12-7-9-3-4(13-7)6-10-5(2-8)14-11-6/h3H,1H3. The van der Waals surface area contributed by atoms with Gasteiger partial charge in [0.1, 0.15) is 6.07 Å². The molecule has 0 unspecified atom stereocenters. The van der Waals surface area contributed by atoms with E-state index in [4.69, 9.17) is 10.00 Å². The Bertz CT molecular complexity index is 484. The molecule has 0 saturated carbocycles. The van der Waals surface area contributed by atoms with Gasteiger partial charge in [0.25, 0.3) is 5.19 Å². The van der Waals surface area contributed by atoms with E-state index in [2.05, 4.69) is 14.3 Å². The van der Waals surface area contributed by atoms with Crippen molar-refractivity contribution < 1.29 is 4.74 Å². The molecule has 0 radical (unpaired) electrons. The Kier molecular flexibility index (Phi) is 2.39. The van der Waals surface area contributed by atoms with Gasteiger partial charge in [-0.3, -0.25) is 0 Å². The molecule has 2 heterocycles. The molecule has 5 nitrogen and oxygen atoms in total. The van der Waals surface area contributed by atoms with Crippen LogP contribution in [0.5, 0.6) is 5.19 Å². The Balaban J connectivity index is 2.35. The summed E-state index contributed by atoms with van der Waals surface area (Å²) in [4.78, 5) is 8.80. The zero-order valence-corrected chi connectivity index (χ0v) is 8.72. The van der Waals surface area contributed by atoms with E-state index < -0.39 is 0 Å². The molecule has 0 aliphatic carbocycles. The minimum absolute atomic E-state index is 0.354. The molecule has 14 heavy (non-hydrogen) atoms. The van der Waals surface area contributed by atoms with Crippen LogP contribution in [0.3, 0.4) is 0 Å². The van der Waals surface area contributed by atoms with E-state index in [-0.39, 0.29) is 0 Å². The lowest BCUT2D eigenvalue weighted by Gasteiger charge is -1.86. The predicted molar refractivity (Wildman–Crippen MR) is 52.3 cm³/mol. The molecular formula is C7H4N4OS2. The van der Waals surface area contributed by atoms with Crippen LogP contribution in [0, 0.1) is 11.3 Å². The number of hydrogen-bond acceptors (Lipinski definition) is 7. The average molecular weight is 224 g/mol. The number of nitrogens with zero attached hydrogens (tertiary/aromatic N) is 4. The van der Waals surface area contributed by atoms with Gasteiger partial charge in [-0.15, -0.1) is 0 Å². The van der Waals surface area contributed by atoms with Gasteiger partial charge in [0.2, 0.25) is 5.01 Å². The summed E-state index contributed by atoms with van der Waals surface area (Å²) in [5.74, 6) is 0.535. The molecule has 0 aliphatic heterocycles. The van der Waals surface area contributed by atoms with Crippen LogP contribution in [0.15, 0.2) is 6.20 Å². The Morgan fingerprint density at radius 2 is 2.43 bits per heavy atom. The number of nitriles is 1. The quantitative estimate of drug-likeness (QED) is 0.773. The normalized spacial score (nSPS) is 9.71. The van der Waals surface area contributed by atoms with Gasteiger partial charge in [-0.25, -0.2) is 9.97 Å². The van der Waals surface area contributed by atoms with Crippen LogP contribution in [-0.4, -0.2) is 21.5 Å². The van der Waals surface area contributed by atoms with E-state index in [0.717, 1.165) is 16.4 Å². The van der Waals surface area contributed by atoms with Crippen LogP contribution in [0.1, 0.15) is 5.01 Å². The van der Waals surface area contributed by atoms with E-state index in [0.29, 0.717) is 16.0 Å². The van der Waals surface area contributed by atoms with Crippen molar-refractivity contribution in [2.45, 2.75) is 0 Å². The fraction of sp³-hybridized carbons (Fsp3) is 0.143. The monoisotopic (exact) mass is 224 g/mol. The van der Waals surface area contributed by atoms with Gasteiger partial charge >= 0.3 is 0 Å². The summed E-state index contributed by atoms with van der Waals surface area (Å²) in [5.41, 5.74) is 0. The largest absolute Gasteiger partial charge is 0.473 e. The summed E-state index contributed by atoms with van der Waals surface area (Å²) in [6, 6.07) is 1.94. The van der Waals surface area contributed by atoms with E-state index in [1.54, 1.807) is 13.3 Å². The lowest BCUT2D eigenvalue weighted by Crippen LogP contribution is -1.76.